The van der Waals surface area contributed by atoms with Crippen molar-refractivity contribution in [1.82, 2.24) is 20.4 Å². The van der Waals surface area contributed by atoms with Gasteiger partial charge in [0.1, 0.15) is 11.1 Å². The van der Waals surface area contributed by atoms with Crippen molar-refractivity contribution in [2.24, 2.45) is 0 Å². The van der Waals surface area contributed by atoms with E-state index in [-0.39, 0.29) is 11.6 Å². The zero-order chi connectivity index (χ0) is 16.3. The first-order valence-corrected chi connectivity index (χ1v) is 8.28. The molecule has 1 N–H and O–H groups in total. The highest BCUT2D eigenvalue weighted by atomic mass is 32.1. The van der Waals surface area contributed by atoms with E-state index in [0.29, 0.717) is 24.9 Å². The first-order valence-electron chi connectivity index (χ1n) is 7.47. The molecule has 6 nitrogen and oxygen atoms in total. The summed E-state index contributed by atoms with van der Waals surface area (Å²) in [6.45, 7) is 13.3. The number of nitrogens with zero attached hydrogens (tertiary/aromatic N) is 3. The van der Waals surface area contributed by atoms with E-state index in [1.54, 1.807) is 11.3 Å². The molecule has 122 valence electrons. The lowest BCUT2D eigenvalue weighted by molar-refractivity contribution is 0.0683. The summed E-state index contributed by atoms with van der Waals surface area (Å²) in [6.07, 6.45) is -0.153. The molecule has 0 saturated carbocycles. The zero-order valence-electron chi connectivity index (χ0n) is 14.1. The molecule has 22 heavy (non-hydrogen) atoms. The number of nitrogens with one attached hydrogen (secondary N) is 1. The fourth-order valence-electron chi connectivity index (χ4n) is 1.94. The summed E-state index contributed by atoms with van der Waals surface area (Å²) in [5.74, 6) is 1.14. The third kappa shape index (κ3) is 3.91. The van der Waals surface area contributed by atoms with Crippen molar-refractivity contribution in [2.45, 2.75) is 59.7 Å². The molecular formula is C15H24N4O2S. The van der Waals surface area contributed by atoms with Gasteiger partial charge in [-0.3, -0.25) is 5.32 Å². The number of ether oxygens (including phenoxy) is 1. The Labute approximate surface area is 135 Å². The monoisotopic (exact) mass is 324 g/mol. The summed E-state index contributed by atoms with van der Waals surface area (Å²) in [4.78, 5) is 10.2. The molecule has 7 heteroatoms. The van der Waals surface area contributed by atoms with Gasteiger partial charge in [0, 0.05) is 11.5 Å². The van der Waals surface area contributed by atoms with Crippen LogP contribution in [0.1, 0.15) is 61.1 Å². The third-order valence-corrected chi connectivity index (χ3v) is 4.91. The normalized spacial score (nSPS) is 13.5. The van der Waals surface area contributed by atoms with E-state index in [2.05, 4.69) is 41.2 Å². The molecule has 0 bridgehead atoms. The summed E-state index contributed by atoms with van der Waals surface area (Å²) in [5, 5.41) is 8.45. The minimum absolute atomic E-state index is 0.153. The number of thiazole rings is 1. The standard InChI is InChI=1S/C15H24N4O2S/c1-7-20-10(3)13-18-12(21-19-13)8-16-15(5,6)14-17-9(2)11(4)22-14/h10,16H,7-8H2,1-6H3/t10-/m1/s1. The molecule has 0 aliphatic carbocycles. The lowest BCUT2D eigenvalue weighted by atomic mass is 10.1. The van der Waals surface area contributed by atoms with Crippen molar-refractivity contribution in [1.29, 1.82) is 0 Å². The second-order valence-electron chi connectivity index (χ2n) is 5.78. The van der Waals surface area contributed by atoms with Gasteiger partial charge in [0.15, 0.2) is 5.82 Å². The van der Waals surface area contributed by atoms with E-state index >= 15 is 0 Å². The molecule has 0 saturated heterocycles. The number of aromatic nitrogens is 3. The summed E-state index contributed by atoms with van der Waals surface area (Å²) in [7, 11) is 0. The van der Waals surface area contributed by atoms with Crippen molar-refractivity contribution in [3.05, 3.63) is 27.3 Å². The van der Waals surface area contributed by atoms with Gasteiger partial charge in [-0.15, -0.1) is 11.3 Å². The number of hydrogen-bond donors (Lipinski definition) is 1. The fraction of sp³-hybridized carbons (Fsp3) is 0.667. The molecule has 1 atom stereocenters. The van der Waals surface area contributed by atoms with E-state index in [1.807, 2.05) is 20.8 Å². The van der Waals surface area contributed by atoms with Crippen LogP contribution in [-0.4, -0.2) is 21.7 Å². The topological polar surface area (TPSA) is 73.1 Å². The minimum Gasteiger partial charge on any atom is -0.371 e. The zero-order valence-corrected chi connectivity index (χ0v) is 14.9. The Kier molecular flexibility index (Phi) is 5.31. The SMILES string of the molecule is CCO[C@H](C)c1noc(CNC(C)(C)c2nc(C)c(C)s2)n1. The number of rotatable bonds is 7. The third-order valence-electron chi connectivity index (χ3n) is 3.51. The average Bonchev–Trinajstić information content (AvgIpc) is 3.05. The van der Waals surface area contributed by atoms with Gasteiger partial charge < -0.3 is 9.26 Å². The molecule has 2 aromatic heterocycles. The molecule has 2 heterocycles. The molecule has 2 aromatic rings. The van der Waals surface area contributed by atoms with Crippen molar-refractivity contribution in [3.8, 4) is 0 Å². The molecular weight excluding hydrogens is 300 g/mol. The quantitative estimate of drug-likeness (QED) is 0.842. The molecule has 0 unspecified atom stereocenters. The second-order valence-corrected chi connectivity index (χ2v) is 6.99. The Morgan fingerprint density at radius 2 is 2.05 bits per heavy atom. The Bertz CT molecular complexity index is 601. The van der Waals surface area contributed by atoms with Crippen LogP contribution in [0.4, 0.5) is 0 Å². The van der Waals surface area contributed by atoms with Gasteiger partial charge in [-0.1, -0.05) is 5.16 Å². The predicted molar refractivity (Wildman–Crippen MR) is 85.8 cm³/mol. The fourth-order valence-corrected chi connectivity index (χ4v) is 2.94. The molecule has 0 radical (unpaired) electrons. The van der Waals surface area contributed by atoms with Crippen LogP contribution < -0.4 is 5.32 Å². The van der Waals surface area contributed by atoms with Crippen LogP contribution >= 0.6 is 11.3 Å². The Morgan fingerprint density at radius 1 is 1.32 bits per heavy atom. The minimum atomic E-state index is -0.246. The average molecular weight is 324 g/mol. The maximum atomic E-state index is 5.46. The van der Waals surface area contributed by atoms with E-state index in [1.165, 1.54) is 4.88 Å². The maximum absolute atomic E-state index is 5.46. The summed E-state index contributed by atoms with van der Waals surface area (Å²) >= 11 is 1.71. The van der Waals surface area contributed by atoms with Gasteiger partial charge in [0.2, 0.25) is 5.89 Å². The number of hydrogen-bond acceptors (Lipinski definition) is 7. The highest BCUT2D eigenvalue weighted by Gasteiger charge is 2.25. The largest absolute Gasteiger partial charge is 0.371 e. The summed E-state index contributed by atoms with van der Waals surface area (Å²) < 4.78 is 10.7. The molecule has 0 fully saturated rings. The number of aryl methyl sites for hydroxylation is 2. The van der Waals surface area contributed by atoms with Gasteiger partial charge in [-0.2, -0.15) is 4.98 Å². The van der Waals surface area contributed by atoms with Crippen LogP contribution in [-0.2, 0) is 16.8 Å². The van der Waals surface area contributed by atoms with Crippen molar-refractivity contribution in [2.75, 3.05) is 6.61 Å². The highest BCUT2D eigenvalue weighted by Crippen LogP contribution is 2.27. The highest BCUT2D eigenvalue weighted by molar-refractivity contribution is 7.11. The maximum Gasteiger partial charge on any atom is 0.240 e. The molecule has 0 aliphatic heterocycles. The van der Waals surface area contributed by atoms with Gasteiger partial charge >= 0.3 is 0 Å². The van der Waals surface area contributed by atoms with E-state index in [4.69, 9.17) is 9.26 Å². The smallest absolute Gasteiger partial charge is 0.240 e. The van der Waals surface area contributed by atoms with Gasteiger partial charge in [0.05, 0.1) is 17.8 Å². The Hall–Kier alpha value is -1.31. The lowest BCUT2D eigenvalue weighted by Crippen LogP contribution is -2.36. The molecule has 0 aliphatic rings. The summed E-state index contributed by atoms with van der Waals surface area (Å²) in [5.41, 5.74) is 0.838. The van der Waals surface area contributed by atoms with E-state index in [0.717, 1.165) is 10.7 Å². The van der Waals surface area contributed by atoms with Crippen molar-refractivity contribution in [3.63, 3.8) is 0 Å². The van der Waals surface area contributed by atoms with E-state index in [9.17, 15) is 0 Å². The van der Waals surface area contributed by atoms with Gasteiger partial charge in [-0.05, 0) is 41.5 Å². The van der Waals surface area contributed by atoms with Crippen molar-refractivity contribution >= 4 is 11.3 Å². The molecule has 0 amide bonds. The van der Waals surface area contributed by atoms with Crippen LogP contribution in [0, 0.1) is 13.8 Å². The van der Waals surface area contributed by atoms with Gasteiger partial charge in [-0.25, -0.2) is 4.98 Å². The van der Waals surface area contributed by atoms with Crippen LogP contribution in [0.15, 0.2) is 4.52 Å². The lowest BCUT2D eigenvalue weighted by Gasteiger charge is -2.22. The van der Waals surface area contributed by atoms with Crippen LogP contribution in [0.3, 0.4) is 0 Å². The van der Waals surface area contributed by atoms with Crippen molar-refractivity contribution < 1.29 is 9.26 Å². The Morgan fingerprint density at radius 3 is 2.64 bits per heavy atom. The van der Waals surface area contributed by atoms with Crippen LogP contribution in [0.2, 0.25) is 0 Å². The Balaban J connectivity index is 2.00. The van der Waals surface area contributed by atoms with E-state index < -0.39 is 0 Å². The first kappa shape index (κ1) is 17.1. The van der Waals surface area contributed by atoms with Crippen LogP contribution in [0.5, 0.6) is 0 Å². The second kappa shape index (κ2) is 6.85. The first-order chi connectivity index (χ1) is 10.3. The predicted octanol–water partition coefficient (Wildman–Crippen LogP) is 3.27. The summed E-state index contributed by atoms with van der Waals surface area (Å²) in [6, 6.07) is 0. The van der Waals surface area contributed by atoms with Crippen LogP contribution in [0.25, 0.3) is 0 Å². The molecule has 2 rings (SSSR count). The molecule has 0 aromatic carbocycles. The van der Waals surface area contributed by atoms with Gasteiger partial charge in [0.25, 0.3) is 0 Å². The molecule has 0 spiro atoms.